The quantitative estimate of drug-likeness (QED) is 0.543. The lowest BCUT2D eigenvalue weighted by atomic mass is 10.1. The molecule has 4 aromatic rings. The molecule has 0 aliphatic rings. The Morgan fingerprint density at radius 3 is 2.91 bits per heavy atom. The van der Waals surface area contributed by atoms with E-state index in [4.69, 9.17) is 0 Å². The molecule has 5 heteroatoms. The highest BCUT2D eigenvalue weighted by Crippen LogP contribution is 2.28. The van der Waals surface area contributed by atoms with Crippen molar-refractivity contribution >= 4 is 22.1 Å². The number of nitrogens with one attached hydrogen (secondary N) is 3. The largest absolute Gasteiger partial charge is 0.354 e. The highest BCUT2D eigenvalue weighted by atomic mass is 15.0. The van der Waals surface area contributed by atoms with Gasteiger partial charge >= 0.3 is 0 Å². The zero-order valence-electron chi connectivity index (χ0n) is 12.6. The Balaban J connectivity index is 1.89. The molecule has 3 aromatic heterocycles. The molecule has 110 valence electrons. The van der Waals surface area contributed by atoms with Crippen molar-refractivity contribution in [1.82, 2.24) is 25.3 Å². The molecule has 0 unspecified atom stereocenters. The molecule has 0 aliphatic heterocycles. The van der Waals surface area contributed by atoms with Crippen LogP contribution in [0.15, 0.2) is 36.5 Å². The van der Waals surface area contributed by atoms with Crippen LogP contribution in [0.4, 0.5) is 0 Å². The van der Waals surface area contributed by atoms with E-state index in [0.29, 0.717) is 0 Å². The maximum atomic E-state index is 4.40. The molecule has 0 fully saturated rings. The Kier molecular flexibility index (Phi) is 2.94. The van der Waals surface area contributed by atoms with Crippen molar-refractivity contribution in [1.29, 1.82) is 0 Å². The number of pyridine rings is 1. The molecule has 22 heavy (non-hydrogen) atoms. The molecule has 3 heterocycles. The van der Waals surface area contributed by atoms with Crippen LogP contribution in [0.3, 0.4) is 0 Å². The van der Waals surface area contributed by atoms with Crippen LogP contribution in [0.1, 0.15) is 11.4 Å². The zero-order chi connectivity index (χ0) is 15.1. The molecule has 0 saturated heterocycles. The molecule has 0 aliphatic carbocycles. The van der Waals surface area contributed by atoms with E-state index >= 15 is 0 Å². The van der Waals surface area contributed by atoms with Crippen LogP contribution >= 0.6 is 0 Å². The SMILES string of the molecule is CNCc1ccc2cc(-c3ccnc4nc(C)[nH]c34)[nH]c2c1. The van der Waals surface area contributed by atoms with Gasteiger partial charge in [0.25, 0.3) is 0 Å². The number of rotatable bonds is 3. The van der Waals surface area contributed by atoms with Gasteiger partial charge in [-0.3, -0.25) is 0 Å². The van der Waals surface area contributed by atoms with Crippen molar-refractivity contribution in [3.8, 4) is 11.3 Å². The van der Waals surface area contributed by atoms with Crippen molar-refractivity contribution in [3.05, 3.63) is 47.9 Å². The second-order valence-electron chi connectivity index (χ2n) is 5.51. The first-order chi connectivity index (χ1) is 10.7. The third-order valence-corrected chi connectivity index (χ3v) is 3.87. The van der Waals surface area contributed by atoms with Crippen molar-refractivity contribution < 1.29 is 0 Å². The van der Waals surface area contributed by atoms with E-state index < -0.39 is 0 Å². The molecular weight excluding hydrogens is 274 g/mol. The van der Waals surface area contributed by atoms with Crippen LogP contribution < -0.4 is 5.32 Å². The van der Waals surface area contributed by atoms with Gasteiger partial charge in [-0.15, -0.1) is 0 Å². The average molecular weight is 291 g/mol. The molecule has 0 amide bonds. The van der Waals surface area contributed by atoms with Crippen LogP contribution in [0.5, 0.6) is 0 Å². The van der Waals surface area contributed by atoms with E-state index in [9.17, 15) is 0 Å². The highest BCUT2D eigenvalue weighted by Gasteiger charge is 2.10. The molecule has 0 saturated carbocycles. The summed E-state index contributed by atoms with van der Waals surface area (Å²) in [5, 5.41) is 4.38. The number of fused-ring (bicyclic) bond motifs is 2. The number of nitrogens with zero attached hydrogens (tertiary/aromatic N) is 2. The number of imidazole rings is 1. The second-order valence-corrected chi connectivity index (χ2v) is 5.51. The minimum atomic E-state index is 0.754. The second kappa shape index (κ2) is 4.96. The van der Waals surface area contributed by atoms with Gasteiger partial charge in [0.1, 0.15) is 5.82 Å². The molecule has 5 nitrogen and oxygen atoms in total. The third-order valence-electron chi connectivity index (χ3n) is 3.87. The summed E-state index contributed by atoms with van der Waals surface area (Å²) in [7, 11) is 1.96. The molecule has 0 atom stereocenters. The van der Waals surface area contributed by atoms with E-state index in [1.165, 1.54) is 10.9 Å². The van der Waals surface area contributed by atoms with E-state index in [1.54, 1.807) is 6.20 Å². The van der Waals surface area contributed by atoms with E-state index in [1.807, 2.05) is 20.0 Å². The van der Waals surface area contributed by atoms with Gasteiger partial charge in [-0.25, -0.2) is 9.97 Å². The normalized spacial score (nSPS) is 11.5. The van der Waals surface area contributed by atoms with Gasteiger partial charge in [0.15, 0.2) is 5.65 Å². The summed E-state index contributed by atoms with van der Waals surface area (Å²) in [4.78, 5) is 15.5. The minimum Gasteiger partial charge on any atom is -0.354 e. The number of hydrogen-bond acceptors (Lipinski definition) is 3. The smallest absolute Gasteiger partial charge is 0.178 e. The third kappa shape index (κ3) is 2.07. The molecule has 0 spiro atoms. The molecular formula is C17H17N5. The first-order valence-electron chi connectivity index (χ1n) is 7.32. The number of hydrogen-bond donors (Lipinski definition) is 3. The maximum absolute atomic E-state index is 4.40. The molecule has 1 aromatic carbocycles. The fourth-order valence-corrected chi connectivity index (χ4v) is 2.88. The summed E-state index contributed by atoms with van der Waals surface area (Å²) >= 11 is 0. The summed E-state index contributed by atoms with van der Waals surface area (Å²) in [5.74, 6) is 0.877. The molecule has 3 N–H and O–H groups in total. The Morgan fingerprint density at radius 2 is 2.05 bits per heavy atom. The Hall–Kier alpha value is -2.66. The number of H-pyrrole nitrogens is 2. The van der Waals surface area contributed by atoms with Gasteiger partial charge in [0.2, 0.25) is 0 Å². The van der Waals surface area contributed by atoms with Crippen LogP contribution in [-0.4, -0.2) is 27.0 Å². The van der Waals surface area contributed by atoms with Gasteiger partial charge in [0.05, 0.1) is 5.52 Å². The molecule has 4 rings (SSSR count). The van der Waals surface area contributed by atoms with Gasteiger partial charge in [-0.2, -0.15) is 0 Å². The topological polar surface area (TPSA) is 69.4 Å². The van der Waals surface area contributed by atoms with E-state index in [-0.39, 0.29) is 0 Å². The summed E-state index contributed by atoms with van der Waals surface area (Å²) < 4.78 is 0. The number of benzene rings is 1. The number of aryl methyl sites for hydroxylation is 1. The highest BCUT2D eigenvalue weighted by molar-refractivity contribution is 5.93. The standard InChI is InChI=1S/C17H17N5/c1-10-20-16-13(5-6-19-17(16)21-10)15-8-12-4-3-11(9-18-2)7-14(12)22-15/h3-8,18,22H,9H2,1-2H3,(H,19,20,21). The number of aromatic amines is 2. The minimum absolute atomic E-state index is 0.754. The first-order valence-corrected chi connectivity index (χ1v) is 7.32. The predicted octanol–water partition coefficient (Wildman–Crippen LogP) is 3.13. The monoisotopic (exact) mass is 291 g/mol. The van der Waals surface area contributed by atoms with Gasteiger partial charge in [0, 0.05) is 34.9 Å². The summed E-state index contributed by atoms with van der Waals surface area (Å²) in [6, 6.07) is 10.7. The van der Waals surface area contributed by atoms with Gasteiger partial charge in [-0.05, 0) is 37.7 Å². The van der Waals surface area contributed by atoms with Crippen LogP contribution in [0.25, 0.3) is 33.3 Å². The van der Waals surface area contributed by atoms with Gasteiger partial charge < -0.3 is 15.3 Å². The van der Waals surface area contributed by atoms with Crippen molar-refractivity contribution in [2.24, 2.45) is 0 Å². The molecule has 0 bridgehead atoms. The lowest BCUT2D eigenvalue weighted by Gasteiger charge is -1.99. The predicted molar refractivity (Wildman–Crippen MR) is 88.7 cm³/mol. The van der Waals surface area contributed by atoms with Crippen molar-refractivity contribution in [2.45, 2.75) is 13.5 Å². The lowest BCUT2D eigenvalue weighted by molar-refractivity contribution is 0.819. The fourth-order valence-electron chi connectivity index (χ4n) is 2.88. The maximum Gasteiger partial charge on any atom is 0.178 e. The Bertz CT molecular complexity index is 964. The Morgan fingerprint density at radius 1 is 1.14 bits per heavy atom. The van der Waals surface area contributed by atoms with Crippen LogP contribution in [-0.2, 0) is 6.54 Å². The Labute approximate surface area is 127 Å². The van der Waals surface area contributed by atoms with Gasteiger partial charge in [-0.1, -0.05) is 12.1 Å². The summed E-state index contributed by atoms with van der Waals surface area (Å²) in [6.07, 6.45) is 1.80. The van der Waals surface area contributed by atoms with E-state index in [2.05, 4.69) is 49.5 Å². The zero-order valence-corrected chi connectivity index (χ0v) is 12.6. The number of aromatic nitrogens is 4. The summed E-state index contributed by atoms with van der Waals surface area (Å²) in [5.41, 5.74) is 6.31. The fraction of sp³-hybridized carbons (Fsp3) is 0.176. The van der Waals surface area contributed by atoms with E-state index in [0.717, 1.165) is 40.3 Å². The van der Waals surface area contributed by atoms with Crippen LogP contribution in [0, 0.1) is 6.92 Å². The van der Waals surface area contributed by atoms with Crippen LogP contribution in [0.2, 0.25) is 0 Å². The summed E-state index contributed by atoms with van der Waals surface area (Å²) in [6.45, 7) is 2.81. The average Bonchev–Trinajstić information content (AvgIpc) is 3.08. The lowest BCUT2D eigenvalue weighted by Crippen LogP contribution is -2.04. The molecule has 0 radical (unpaired) electrons. The first kappa shape index (κ1) is 13.0. The van der Waals surface area contributed by atoms with Crippen molar-refractivity contribution in [2.75, 3.05) is 7.05 Å². The van der Waals surface area contributed by atoms with Crippen molar-refractivity contribution in [3.63, 3.8) is 0 Å².